The van der Waals surface area contributed by atoms with E-state index < -0.39 is 0 Å². The maximum absolute atomic E-state index is 1.70. The molecule has 0 bridgehead atoms. The molecule has 15 atom stereocenters. The minimum absolute atomic E-state index is 1.10. The fraction of sp³-hybridized carbons (Fsp3) is 1.00. The monoisotopic (exact) mass is 697 g/mol. The second kappa shape index (κ2) is 15.9. The predicted octanol–water partition coefficient (Wildman–Crippen LogP) is 15.1. The molecule has 0 heterocycles. The van der Waals surface area contributed by atoms with Crippen molar-refractivity contribution in [3.8, 4) is 0 Å². The van der Waals surface area contributed by atoms with Gasteiger partial charge >= 0.3 is 0 Å². The van der Waals surface area contributed by atoms with Crippen LogP contribution in [0.15, 0.2) is 0 Å². The highest BCUT2D eigenvalue weighted by Crippen LogP contribution is 2.64. The topological polar surface area (TPSA) is 0 Å². The van der Waals surface area contributed by atoms with Gasteiger partial charge in [-0.15, -0.1) is 0 Å². The lowest BCUT2D eigenvalue weighted by atomic mass is 9.53. The SMILES string of the molecule is C1CCC(C2CCC3CC(C4CC(C5CCCCC5)CC(C5CC6CC7CC8CCCCC8CC7C6C(C6CCCCC6)C5)C4)CCC3C2)CC1. The van der Waals surface area contributed by atoms with E-state index in [1.165, 1.54) is 6.42 Å². The summed E-state index contributed by atoms with van der Waals surface area (Å²) in [6, 6.07) is 0. The van der Waals surface area contributed by atoms with Gasteiger partial charge < -0.3 is 0 Å². The summed E-state index contributed by atoms with van der Waals surface area (Å²) in [6.45, 7) is 0. The molecule has 0 nitrogen and oxygen atoms in total. The quantitative estimate of drug-likeness (QED) is 0.268. The highest BCUT2D eigenvalue weighted by molar-refractivity contribution is 5.05. The molecule has 15 unspecified atom stereocenters. The van der Waals surface area contributed by atoms with Crippen molar-refractivity contribution in [1.29, 1.82) is 0 Å². The Morgan fingerprint density at radius 3 is 1.04 bits per heavy atom. The molecular formula is C51H84. The highest BCUT2D eigenvalue weighted by atomic mass is 14.6. The molecule has 0 aromatic carbocycles. The maximum atomic E-state index is 1.70. The molecule has 0 heteroatoms. The molecule has 0 saturated heterocycles. The molecule has 0 radical (unpaired) electrons. The van der Waals surface area contributed by atoms with Gasteiger partial charge in [0.15, 0.2) is 0 Å². The third kappa shape index (κ3) is 7.37. The smallest absolute Gasteiger partial charge is 0.0323 e. The first-order valence-corrected chi connectivity index (χ1v) is 25.2. The van der Waals surface area contributed by atoms with E-state index in [-0.39, 0.29) is 0 Å². The van der Waals surface area contributed by atoms with Crippen molar-refractivity contribution in [2.45, 2.75) is 212 Å². The van der Waals surface area contributed by atoms with Crippen LogP contribution in [0.25, 0.3) is 0 Å². The van der Waals surface area contributed by atoms with E-state index in [2.05, 4.69) is 0 Å². The standard InChI is InChI=1S/C51H84/c1-4-12-34(13-5-1)39-20-21-41-25-42(23-22-40(41)24-39)44-27-43(35-14-6-2-7-15-35)28-45(29-44)46-30-48-31-47-26-37-18-10-11-19-38(37)32-50(47)51(48)49(33-46)36-16-8-3-9-17-36/h34-51H,1-33H2. The van der Waals surface area contributed by atoms with E-state index in [0.29, 0.717) is 0 Å². The van der Waals surface area contributed by atoms with Crippen molar-refractivity contribution in [2.75, 3.05) is 0 Å². The average Bonchev–Trinajstić information content (AvgIpc) is 3.57. The minimum atomic E-state index is 1.10. The Balaban J connectivity index is 0.861. The van der Waals surface area contributed by atoms with E-state index in [1.54, 1.807) is 205 Å². The summed E-state index contributed by atoms with van der Waals surface area (Å²) in [5.74, 6) is 20.2. The van der Waals surface area contributed by atoms with Crippen LogP contribution in [0, 0.1) is 107 Å². The molecule has 0 aromatic rings. The van der Waals surface area contributed by atoms with Gasteiger partial charge in [-0.3, -0.25) is 0 Å². The molecule has 10 fully saturated rings. The molecule has 288 valence electrons. The lowest BCUT2D eigenvalue weighted by molar-refractivity contribution is -0.0289. The Hall–Kier alpha value is 0. The van der Waals surface area contributed by atoms with Gasteiger partial charge in [-0.2, -0.15) is 0 Å². The summed E-state index contributed by atoms with van der Waals surface area (Å²) in [5.41, 5.74) is 0. The van der Waals surface area contributed by atoms with Crippen LogP contribution in [0.1, 0.15) is 212 Å². The summed E-state index contributed by atoms with van der Waals surface area (Å²) < 4.78 is 0. The van der Waals surface area contributed by atoms with Gasteiger partial charge in [0.05, 0.1) is 0 Å². The lowest BCUT2D eigenvalue weighted by Crippen LogP contribution is -2.44. The Labute approximate surface area is 317 Å². The van der Waals surface area contributed by atoms with Crippen LogP contribution >= 0.6 is 0 Å². The van der Waals surface area contributed by atoms with Crippen molar-refractivity contribution in [1.82, 2.24) is 0 Å². The van der Waals surface area contributed by atoms with Crippen LogP contribution in [-0.4, -0.2) is 0 Å². The van der Waals surface area contributed by atoms with Gasteiger partial charge in [0.25, 0.3) is 0 Å². The molecule has 0 amide bonds. The highest BCUT2D eigenvalue weighted by Gasteiger charge is 2.56. The molecule has 0 aromatic heterocycles. The Morgan fingerprint density at radius 1 is 0.157 bits per heavy atom. The largest absolute Gasteiger partial charge is 0.0533 e. The summed E-state index contributed by atoms with van der Waals surface area (Å²) in [4.78, 5) is 0. The molecule has 0 spiro atoms. The summed E-state index contributed by atoms with van der Waals surface area (Å²) >= 11 is 0. The van der Waals surface area contributed by atoms with E-state index in [1.807, 2.05) is 0 Å². The molecular weight excluding hydrogens is 613 g/mol. The van der Waals surface area contributed by atoms with Gasteiger partial charge in [0.1, 0.15) is 0 Å². The van der Waals surface area contributed by atoms with Crippen molar-refractivity contribution < 1.29 is 0 Å². The van der Waals surface area contributed by atoms with Crippen LogP contribution in [-0.2, 0) is 0 Å². The van der Waals surface area contributed by atoms with E-state index in [0.717, 1.165) is 107 Å². The van der Waals surface area contributed by atoms with Gasteiger partial charge in [-0.05, 0) is 196 Å². The molecule has 51 heavy (non-hydrogen) atoms. The Kier molecular flexibility index (Phi) is 11.0. The number of hydrogen-bond acceptors (Lipinski definition) is 0. The van der Waals surface area contributed by atoms with Crippen LogP contribution in [0.4, 0.5) is 0 Å². The van der Waals surface area contributed by atoms with Crippen LogP contribution in [0.3, 0.4) is 0 Å². The fourth-order valence-corrected chi connectivity index (χ4v) is 18.7. The van der Waals surface area contributed by atoms with Crippen molar-refractivity contribution in [3.05, 3.63) is 0 Å². The van der Waals surface area contributed by atoms with Crippen molar-refractivity contribution in [2.24, 2.45) is 107 Å². The first kappa shape index (κ1) is 35.4. The summed E-state index contributed by atoms with van der Waals surface area (Å²) in [5, 5.41) is 0. The lowest BCUT2D eigenvalue weighted by Gasteiger charge is -2.53. The predicted molar refractivity (Wildman–Crippen MR) is 215 cm³/mol. The zero-order valence-electron chi connectivity index (χ0n) is 33.7. The zero-order chi connectivity index (χ0) is 33.7. The fourth-order valence-electron chi connectivity index (χ4n) is 18.7. The first-order chi connectivity index (χ1) is 25.2. The Morgan fingerprint density at radius 2 is 0.431 bits per heavy atom. The van der Waals surface area contributed by atoms with Crippen molar-refractivity contribution in [3.63, 3.8) is 0 Å². The van der Waals surface area contributed by atoms with Crippen LogP contribution in [0.2, 0.25) is 0 Å². The maximum Gasteiger partial charge on any atom is -0.0323 e. The minimum Gasteiger partial charge on any atom is -0.0533 e. The van der Waals surface area contributed by atoms with Gasteiger partial charge in [0.2, 0.25) is 0 Å². The third-order valence-corrected chi connectivity index (χ3v) is 20.9. The molecule has 0 aliphatic heterocycles. The second-order valence-corrected chi connectivity index (χ2v) is 23.0. The molecule has 0 N–H and O–H groups in total. The summed E-state index contributed by atoms with van der Waals surface area (Å²) in [6.07, 6.45) is 53.3. The summed E-state index contributed by atoms with van der Waals surface area (Å²) in [7, 11) is 0. The van der Waals surface area contributed by atoms with Crippen LogP contribution < -0.4 is 0 Å². The Bertz CT molecular complexity index is 1100. The van der Waals surface area contributed by atoms with E-state index in [4.69, 9.17) is 0 Å². The second-order valence-electron chi connectivity index (χ2n) is 23.0. The molecule has 10 aliphatic rings. The number of hydrogen-bond donors (Lipinski definition) is 0. The normalized spacial score (nSPS) is 50.5. The van der Waals surface area contributed by atoms with E-state index >= 15 is 0 Å². The number of fused-ring (bicyclic) bond motifs is 5. The van der Waals surface area contributed by atoms with Gasteiger partial charge in [0, 0.05) is 0 Å². The van der Waals surface area contributed by atoms with Gasteiger partial charge in [-0.1, -0.05) is 122 Å². The van der Waals surface area contributed by atoms with E-state index in [9.17, 15) is 0 Å². The average molecular weight is 697 g/mol. The molecule has 10 rings (SSSR count). The van der Waals surface area contributed by atoms with Crippen LogP contribution in [0.5, 0.6) is 0 Å². The number of rotatable bonds is 5. The molecule has 10 aliphatic carbocycles. The third-order valence-electron chi connectivity index (χ3n) is 20.9. The van der Waals surface area contributed by atoms with Crippen molar-refractivity contribution >= 4 is 0 Å². The van der Waals surface area contributed by atoms with Gasteiger partial charge in [-0.25, -0.2) is 0 Å². The molecule has 10 saturated carbocycles. The first-order valence-electron chi connectivity index (χ1n) is 25.2. The zero-order valence-corrected chi connectivity index (χ0v) is 33.7.